The van der Waals surface area contributed by atoms with Crippen LogP contribution >= 0.6 is 39.0 Å². The van der Waals surface area contributed by atoms with Gasteiger partial charge < -0.3 is 10.3 Å². The summed E-state index contributed by atoms with van der Waals surface area (Å²) >= 11 is 6.32. The minimum atomic E-state index is -0.189. The van der Waals surface area contributed by atoms with E-state index >= 15 is 0 Å². The Hall–Kier alpha value is -2.96. The van der Waals surface area contributed by atoms with Gasteiger partial charge in [0.05, 0.1) is 23.2 Å². The molecular weight excluding hydrogens is 550 g/mol. The zero-order chi connectivity index (χ0) is 24.7. The SMILES string of the molecule is Cc1nc2ccc(Br)cc2c(=O)n1NCc1nnc(N2C(=O)CSC2c2ccc(N(C)C)cc2)s1. The highest BCUT2D eigenvalue weighted by molar-refractivity contribution is 9.10. The number of nitrogens with one attached hydrogen (secondary N) is 1. The number of benzene rings is 2. The molecule has 35 heavy (non-hydrogen) atoms. The van der Waals surface area contributed by atoms with Gasteiger partial charge in [0.25, 0.3) is 5.56 Å². The quantitative estimate of drug-likeness (QED) is 0.372. The maximum Gasteiger partial charge on any atom is 0.279 e. The lowest BCUT2D eigenvalue weighted by atomic mass is 10.2. The molecule has 1 saturated heterocycles. The monoisotopic (exact) mass is 571 g/mol. The van der Waals surface area contributed by atoms with Crippen molar-refractivity contribution >= 4 is 66.7 Å². The fourth-order valence-electron chi connectivity index (χ4n) is 3.83. The van der Waals surface area contributed by atoms with E-state index in [2.05, 4.69) is 36.5 Å². The molecule has 1 unspecified atom stereocenters. The number of carbonyl (C=O) groups is 1. The molecule has 0 radical (unpaired) electrons. The molecule has 0 bridgehead atoms. The minimum absolute atomic E-state index is 0.00344. The summed E-state index contributed by atoms with van der Waals surface area (Å²) in [5.41, 5.74) is 5.69. The molecule has 5 rings (SSSR count). The lowest BCUT2D eigenvalue weighted by Gasteiger charge is -2.22. The van der Waals surface area contributed by atoms with Crippen molar-refractivity contribution in [1.82, 2.24) is 19.9 Å². The van der Waals surface area contributed by atoms with Crippen LogP contribution in [-0.4, -0.2) is 45.6 Å². The highest BCUT2D eigenvalue weighted by Crippen LogP contribution is 2.42. The van der Waals surface area contributed by atoms with Gasteiger partial charge in [-0.25, -0.2) is 9.66 Å². The Morgan fingerprint density at radius 2 is 1.91 bits per heavy atom. The number of thioether (sulfide) groups is 1. The summed E-state index contributed by atoms with van der Waals surface area (Å²) in [5, 5.41) is 10.1. The number of carbonyl (C=O) groups excluding carboxylic acids is 1. The van der Waals surface area contributed by atoms with E-state index in [9.17, 15) is 9.59 Å². The van der Waals surface area contributed by atoms with Crippen molar-refractivity contribution in [1.29, 1.82) is 0 Å². The van der Waals surface area contributed by atoms with E-state index in [-0.39, 0.29) is 23.4 Å². The Balaban J connectivity index is 1.36. The first-order valence-corrected chi connectivity index (χ1v) is 13.4. The van der Waals surface area contributed by atoms with Crippen molar-refractivity contribution in [3.05, 3.63) is 73.7 Å². The van der Waals surface area contributed by atoms with E-state index in [4.69, 9.17) is 0 Å². The van der Waals surface area contributed by atoms with E-state index in [1.165, 1.54) is 16.0 Å². The first-order valence-electron chi connectivity index (χ1n) is 10.8. The summed E-state index contributed by atoms with van der Waals surface area (Å²) in [5.74, 6) is 0.936. The second-order valence-corrected chi connectivity index (χ2v) is 11.2. The van der Waals surface area contributed by atoms with Crippen molar-refractivity contribution in [3.63, 3.8) is 0 Å². The van der Waals surface area contributed by atoms with Crippen LogP contribution in [0, 0.1) is 6.92 Å². The first-order chi connectivity index (χ1) is 16.8. The molecule has 4 aromatic rings. The molecule has 12 heteroatoms. The standard InChI is InChI=1S/C23H22BrN7O2S2/c1-13-26-18-9-6-15(24)10-17(18)21(33)31(13)25-11-19-27-28-23(35-19)30-20(32)12-34-22(30)14-4-7-16(8-5-14)29(2)3/h4-10,22,25H,11-12H2,1-3H3. The lowest BCUT2D eigenvalue weighted by molar-refractivity contribution is -0.115. The zero-order valence-electron chi connectivity index (χ0n) is 19.2. The summed E-state index contributed by atoms with van der Waals surface area (Å²) in [6.07, 6.45) is 0. The van der Waals surface area contributed by atoms with E-state index in [1.54, 1.807) is 29.7 Å². The van der Waals surface area contributed by atoms with Crippen LogP contribution in [0.5, 0.6) is 0 Å². The lowest BCUT2D eigenvalue weighted by Crippen LogP contribution is -2.31. The Bertz CT molecular complexity index is 1470. The highest BCUT2D eigenvalue weighted by Gasteiger charge is 2.36. The van der Waals surface area contributed by atoms with E-state index < -0.39 is 0 Å². The second-order valence-electron chi connectivity index (χ2n) is 8.19. The summed E-state index contributed by atoms with van der Waals surface area (Å²) in [6.45, 7) is 2.05. The third-order valence-electron chi connectivity index (χ3n) is 5.61. The predicted octanol–water partition coefficient (Wildman–Crippen LogP) is 3.91. The van der Waals surface area contributed by atoms with Crippen molar-refractivity contribution in [2.24, 2.45) is 0 Å². The first kappa shape index (κ1) is 23.8. The summed E-state index contributed by atoms with van der Waals surface area (Å²) in [7, 11) is 3.99. The maximum absolute atomic E-state index is 13.0. The number of anilines is 2. The molecule has 2 aromatic heterocycles. The molecule has 1 aliphatic rings. The molecular formula is C23H22BrN7O2S2. The predicted molar refractivity (Wildman–Crippen MR) is 145 cm³/mol. The second kappa shape index (κ2) is 9.59. The Labute approximate surface area is 218 Å². The molecule has 180 valence electrons. The fraction of sp³-hybridized carbons (Fsp3) is 0.261. The van der Waals surface area contributed by atoms with Gasteiger partial charge in [0, 0.05) is 24.3 Å². The van der Waals surface area contributed by atoms with Crippen LogP contribution in [-0.2, 0) is 11.3 Å². The molecule has 1 atom stereocenters. The highest BCUT2D eigenvalue weighted by atomic mass is 79.9. The number of nitrogens with zero attached hydrogens (tertiary/aromatic N) is 6. The van der Waals surface area contributed by atoms with Gasteiger partial charge in [-0.05, 0) is 42.8 Å². The maximum atomic E-state index is 13.0. The van der Waals surface area contributed by atoms with E-state index in [0.29, 0.717) is 32.6 Å². The summed E-state index contributed by atoms with van der Waals surface area (Å²) < 4.78 is 2.23. The van der Waals surface area contributed by atoms with Crippen LogP contribution in [0.3, 0.4) is 0 Å². The van der Waals surface area contributed by atoms with Gasteiger partial charge in [-0.2, -0.15) is 0 Å². The van der Waals surface area contributed by atoms with Gasteiger partial charge in [-0.3, -0.25) is 14.5 Å². The van der Waals surface area contributed by atoms with Gasteiger partial charge in [0.15, 0.2) is 0 Å². The van der Waals surface area contributed by atoms with Gasteiger partial charge >= 0.3 is 0 Å². The number of rotatable bonds is 6. The van der Waals surface area contributed by atoms with Crippen LogP contribution < -0.4 is 20.8 Å². The Kier molecular flexibility index (Phi) is 6.51. The average Bonchev–Trinajstić information content (AvgIpc) is 3.45. The molecule has 1 N–H and O–H groups in total. The van der Waals surface area contributed by atoms with Crippen LogP contribution in [0.15, 0.2) is 51.7 Å². The van der Waals surface area contributed by atoms with Crippen LogP contribution in [0.1, 0.15) is 21.8 Å². The van der Waals surface area contributed by atoms with Gasteiger partial charge in [0.1, 0.15) is 16.2 Å². The topological polar surface area (TPSA) is 96.2 Å². The molecule has 1 fully saturated rings. The van der Waals surface area contributed by atoms with Crippen molar-refractivity contribution in [2.45, 2.75) is 18.8 Å². The van der Waals surface area contributed by atoms with Gasteiger partial charge in [-0.1, -0.05) is 39.4 Å². The molecule has 0 aliphatic carbocycles. The van der Waals surface area contributed by atoms with Crippen LogP contribution in [0.25, 0.3) is 10.9 Å². The number of halogens is 1. The number of hydrogen-bond acceptors (Lipinski definition) is 9. The smallest absolute Gasteiger partial charge is 0.279 e. The molecule has 1 aliphatic heterocycles. The van der Waals surface area contributed by atoms with Crippen LogP contribution in [0.4, 0.5) is 10.8 Å². The van der Waals surface area contributed by atoms with Crippen molar-refractivity contribution in [3.8, 4) is 0 Å². The minimum Gasteiger partial charge on any atom is -0.378 e. The molecule has 9 nitrogen and oxygen atoms in total. The molecule has 0 spiro atoms. The third kappa shape index (κ3) is 4.65. The number of amides is 1. The Morgan fingerprint density at radius 1 is 1.14 bits per heavy atom. The number of hydrogen-bond donors (Lipinski definition) is 1. The largest absolute Gasteiger partial charge is 0.378 e. The molecule has 3 heterocycles. The van der Waals surface area contributed by atoms with Crippen molar-refractivity contribution < 1.29 is 4.79 Å². The van der Waals surface area contributed by atoms with Crippen molar-refractivity contribution in [2.75, 3.05) is 35.1 Å². The fourth-order valence-corrected chi connectivity index (χ4v) is 6.23. The summed E-state index contributed by atoms with van der Waals surface area (Å²) in [4.78, 5) is 34.0. The van der Waals surface area contributed by atoms with E-state index in [1.807, 2.05) is 55.4 Å². The molecule has 2 aromatic carbocycles. The van der Waals surface area contributed by atoms with Gasteiger partial charge in [0.2, 0.25) is 11.0 Å². The van der Waals surface area contributed by atoms with Gasteiger partial charge in [-0.15, -0.1) is 22.0 Å². The Morgan fingerprint density at radius 3 is 2.66 bits per heavy atom. The molecule has 0 saturated carbocycles. The number of fused-ring (bicyclic) bond motifs is 1. The van der Waals surface area contributed by atoms with E-state index in [0.717, 1.165) is 15.7 Å². The number of aromatic nitrogens is 4. The number of aryl methyl sites for hydroxylation is 1. The average molecular weight is 573 g/mol. The third-order valence-corrected chi connectivity index (χ3v) is 8.24. The molecule has 1 amide bonds. The summed E-state index contributed by atoms with van der Waals surface area (Å²) in [6, 6.07) is 13.6. The van der Waals surface area contributed by atoms with Crippen LogP contribution in [0.2, 0.25) is 0 Å². The zero-order valence-corrected chi connectivity index (χ0v) is 22.4. The normalized spacial score (nSPS) is 15.7.